The second kappa shape index (κ2) is 8.95. The third-order valence-corrected chi connectivity index (χ3v) is 4.18. The Kier molecular flexibility index (Phi) is 7.59. The van der Waals surface area contributed by atoms with Crippen molar-refractivity contribution in [1.29, 1.82) is 0 Å². The molecule has 1 aliphatic carbocycles. The van der Waals surface area contributed by atoms with E-state index in [1.54, 1.807) is 7.11 Å². The minimum absolute atomic E-state index is 0.158. The van der Waals surface area contributed by atoms with E-state index in [-0.39, 0.29) is 17.7 Å². The Morgan fingerprint density at radius 1 is 1.20 bits per heavy atom. The number of carbonyl (C=O) groups excluding carboxylic acids is 1. The van der Waals surface area contributed by atoms with Crippen LogP contribution in [-0.2, 0) is 14.3 Å². The van der Waals surface area contributed by atoms with Crippen LogP contribution in [0.25, 0.3) is 0 Å². The molecule has 116 valence electrons. The molecule has 0 spiro atoms. The predicted molar refractivity (Wildman–Crippen MR) is 76.5 cm³/mol. The number of nitrogens with one attached hydrogen (secondary N) is 1. The summed E-state index contributed by atoms with van der Waals surface area (Å²) in [6, 6.07) is 0. The van der Waals surface area contributed by atoms with Gasteiger partial charge in [-0.3, -0.25) is 9.59 Å². The first-order valence-corrected chi connectivity index (χ1v) is 7.60. The molecule has 0 unspecified atom stereocenters. The Labute approximate surface area is 121 Å². The van der Waals surface area contributed by atoms with Gasteiger partial charge in [0.05, 0.1) is 5.41 Å². The predicted octanol–water partition coefficient (Wildman–Crippen LogP) is 2.34. The fraction of sp³-hybridized carbons (Fsp3) is 0.867. The van der Waals surface area contributed by atoms with Crippen molar-refractivity contribution < 1.29 is 19.4 Å². The highest BCUT2D eigenvalue weighted by molar-refractivity contribution is 5.82. The van der Waals surface area contributed by atoms with Crippen molar-refractivity contribution >= 4 is 11.9 Å². The van der Waals surface area contributed by atoms with Crippen molar-refractivity contribution in [2.45, 2.75) is 57.8 Å². The number of amides is 1. The molecule has 5 heteroatoms. The number of carbonyl (C=O) groups is 2. The molecule has 0 atom stereocenters. The van der Waals surface area contributed by atoms with Gasteiger partial charge < -0.3 is 15.2 Å². The summed E-state index contributed by atoms with van der Waals surface area (Å²) < 4.78 is 5.12. The smallest absolute Gasteiger partial charge is 0.303 e. The Bertz CT molecular complexity index is 311. The fourth-order valence-electron chi connectivity index (χ4n) is 2.91. The van der Waals surface area contributed by atoms with Gasteiger partial charge in [0.15, 0.2) is 0 Å². The van der Waals surface area contributed by atoms with E-state index in [0.29, 0.717) is 19.6 Å². The summed E-state index contributed by atoms with van der Waals surface area (Å²) in [5, 5.41) is 11.6. The van der Waals surface area contributed by atoms with Gasteiger partial charge in [-0.25, -0.2) is 0 Å². The molecule has 2 N–H and O–H groups in total. The van der Waals surface area contributed by atoms with Gasteiger partial charge in [0.25, 0.3) is 0 Å². The van der Waals surface area contributed by atoms with Gasteiger partial charge in [-0.1, -0.05) is 19.3 Å². The average Bonchev–Trinajstić information content (AvgIpc) is 2.90. The van der Waals surface area contributed by atoms with Crippen LogP contribution in [0.2, 0.25) is 0 Å². The zero-order valence-corrected chi connectivity index (χ0v) is 12.5. The topological polar surface area (TPSA) is 75.6 Å². The maximum Gasteiger partial charge on any atom is 0.303 e. The van der Waals surface area contributed by atoms with Crippen LogP contribution in [0.1, 0.15) is 57.8 Å². The summed E-state index contributed by atoms with van der Waals surface area (Å²) in [4.78, 5) is 22.7. The SMILES string of the molecule is COCCC1(C(=O)NCCCCCC(=O)O)CCCC1. The molecule has 1 aliphatic rings. The van der Waals surface area contributed by atoms with E-state index in [4.69, 9.17) is 9.84 Å². The van der Waals surface area contributed by atoms with Crippen molar-refractivity contribution in [3.8, 4) is 0 Å². The quantitative estimate of drug-likeness (QED) is 0.604. The third-order valence-electron chi connectivity index (χ3n) is 4.18. The molecule has 1 amide bonds. The standard InChI is InChI=1S/C15H27NO4/c1-20-12-10-15(8-4-5-9-15)14(19)16-11-6-2-3-7-13(17)18/h2-12H2,1H3,(H,16,19)(H,17,18). The van der Waals surface area contributed by atoms with Crippen LogP contribution in [0.4, 0.5) is 0 Å². The molecule has 0 aliphatic heterocycles. The van der Waals surface area contributed by atoms with Gasteiger partial charge in [-0.15, -0.1) is 0 Å². The summed E-state index contributed by atoms with van der Waals surface area (Å²) in [7, 11) is 1.67. The fourth-order valence-corrected chi connectivity index (χ4v) is 2.91. The van der Waals surface area contributed by atoms with Gasteiger partial charge in [-0.05, 0) is 32.1 Å². The second-order valence-corrected chi connectivity index (χ2v) is 5.69. The number of unbranched alkanes of at least 4 members (excludes halogenated alkanes) is 2. The Balaban J connectivity index is 2.23. The highest BCUT2D eigenvalue weighted by Gasteiger charge is 2.40. The largest absolute Gasteiger partial charge is 0.481 e. The molecule has 0 aromatic carbocycles. The number of hydrogen-bond donors (Lipinski definition) is 2. The third kappa shape index (κ3) is 5.49. The molecular formula is C15H27NO4. The number of carboxylic acids is 1. The zero-order valence-electron chi connectivity index (χ0n) is 12.5. The Morgan fingerprint density at radius 3 is 2.50 bits per heavy atom. The normalized spacial score (nSPS) is 17.1. The van der Waals surface area contributed by atoms with Crippen LogP contribution in [-0.4, -0.2) is 37.2 Å². The molecule has 1 saturated carbocycles. The van der Waals surface area contributed by atoms with Crippen molar-refractivity contribution in [3.63, 3.8) is 0 Å². The molecule has 0 aromatic heterocycles. The van der Waals surface area contributed by atoms with E-state index in [9.17, 15) is 9.59 Å². The second-order valence-electron chi connectivity index (χ2n) is 5.69. The van der Waals surface area contributed by atoms with Crippen molar-refractivity contribution in [2.75, 3.05) is 20.3 Å². The van der Waals surface area contributed by atoms with Crippen LogP contribution in [0, 0.1) is 5.41 Å². The molecular weight excluding hydrogens is 258 g/mol. The minimum atomic E-state index is -0.751. The first-order valence-electron chi connectivity index (χ1n) is 7.60. The van der Waals surface area contributed by atoms with E-state index in [0.717, 1.165) is 44.9 Å². The van der Waals surface area contributed by atoms with Crippen LogP contribution < -0.4 is 5.32 Å². The zero-order chi connectivity index (χ0) is 14.8. The van der Waals surface area contributed by atoms with E-state index >= 15 is 0 Å². The maximum absolute atomic E-state index is 12.4. The lowest BCUT2D eigenvalue weighted by molar-refractivity contribution is -0.137. The van der Waals surface area contributed by atoms with Gasteiger partial charge >= 0.3 is 5.97 Å². The molecule has 0 bridgehead atoms. The Morgan fingerprint density at radius 2 is 1.90 bits per heavy atom. The van der Waals surface area contributed by atoms with Crippen molar-refractivity contribution in [3.05, 3.63) is 0 Å². The summed E-state index contributed by atoms with van der Waals surface area (Å²) in [6.45, 7) is 1.28. The number of methoxy groups -OCH3 is 1. The first-order chi connectivity index (χ1) is 9.60. The maximum atomic E-state index is 12.4. The van der Waals surface area contributed by atoms with Crippen LogP contribution >= 0.6 is 0 Å². The minimum Gasteiger partial charge on any atom is -0.481 e. The highest BCUT2D eigenvalue weighted by Crippen LogP contribution is 2.41. The van der Waals surface area contributed by atoms with E-state index < -0.39 is 5.97 Å². The van der Waals surface area contributed by atoms with E-state index in [2.05, 4.69) is 5.32 Å². The molecule has 0 heterocycles. The van der Waals surface area contributed by atoms with Crippen molar-refractivity contribution in [2.24, 2.45) is 5.41 Å². The highest BCUT2D eigenvalue weighted by atomic mass is 16.5. The monoisotopic (exact) mass is 285 g/mol. The number of ether oxygens (including phenoxy) is 1. The number of aliphatic carboxylic acids is 1. The summed E-state index contributed by atoms with van der Waals surface area (Å²) in [5.74, 6) is -0.594. The Hall–Kier alpha value is -1.10. The van der Waals surface area contributed by atoms with Crippen LogP contribution in [0.3, 0.4) is 0 Å². The number of rotatable bonds is 10. The molecule has 1 rings (SSSR count). The van der Waals surface area contributed by atoms with Crippen LogP contribution in [0.5, 0.6) is 0 Å². The molecule has 5 nitrogen and oxygen atoms in total. The molecule has 1 fully saturated rings. The van der Waals surface area contributed by atoms with Gasteiger partial charge in [0.2, 0.25) is 5.91 Å². The lowest BCUT2D eigenvalue weighted by atomic mass is 9.82. The molecule has 0 aromatic rings. The van der Waals surface area contributed by atoms with Crippen molar-refractivity contribution in [1.82, 2.24) is 5.32 Å². The first kappa shape index (κ1) is 17.0. The summed E-state index contributed by atoms with van der Waals surface area (Å²) >= 11 is 0. The lowest BCUT2D eigenvalue weighted by Gasteiger charge is -2.27. The summed E-state index contributed by atoms with van der Waals surface area (Å²) in [6.07, 6.45) is 7.55. The average molecular weight is 285 g/mol. The molecule has 0 saturated heterocycles. The van der Waals surface area contributed by atoms with E-state index in [1.807, 2.05) is 0 Å². The molecule has 20 heavy (non-hydrogen) atoms. The van der Waals surface area contributed by atoms with E-state index in [1.165, 1.54) is 0 Å². The van der Waals surface area contributed by atoms with Crippen LogP contribution in [0.15, 0.2) is 0 Å². The van der Waals surface area contributed by atoms with Gasteiger partial charge in [0, 0.05) is 26.7 Å². The number of hydrogen-bond acceptors (Lipinski definition) is 3. The molecule has 0 radical (unpaired) electrons. The number of carboxylic acid groups (broad SMARTS) is 1. The van der Waals surface area contributed by atoms with Gasteiger partial charge in [-0.2, -0.15) is 0 Å². The summed E-state index contributed by atoms with van der Waals surface area (Å²) in [5.41, 5.74) is -0.225. The van der Waals surface area contributed by atoms with Gasteiger partial charge in [0.1, 0.15) is 0 Å². The lowest BCUT2D eigenvalue weighted by Crippen LogP contribution is -2.40.